The van der Waals surface area contributed by atoms with E-state index in [1.807, 2.05) is 0 Å². The zero-order valence-corrected chi connectivity index (χ0v) is 6.55. The molecule has 0 unspecified atom stereocenters. The van der Waals surface area contributed by atoms with E-state index in [9.17, 15) is 0 Å². The first kappa shape index (κ1) is 6.45. The van der Waals surface area contributed by atoms with Crippen LogP contribution in [-0.2, 0) is 0 Å². The van der Waals surface area contributed by atoms with Crippen LogP contribution in [0.3, 0.4) is 0 Å². The average molecular weight is 136 g/mol. The summed E-state index contributed by atoms with van der Waals surface area (Å²) in [6, 6.07) is 0. The van der Waals surface area contributed by atoms with Crippen molar-refractivity contribution in [3.63, 3.8) is 0 Å². The molecule has 0 aliphatic heterocycles. The molecule has 10 heavy (non-hydrogen) atoms. The van der Waals surface area contributed by atoms with E-state index >= 15 is 0 Å². The maximum absolute atomic E-state index is 2.36. The molecule has 0 spiro atoms. The van der Waals surface area contributed by atoms with Gasteiger partial charge in [0.2, 0.25) is 0 Å². The van der Waals surface area contributed by atoms with E-state index in [4.69, 9.17) is 0 Å². The van der Waals surface area contributed by atoms with E-state index < -0.39 is 0 Å². The highest BCUT2D eigenvalue weighted by molar-refractivity contribution is 4.96. The molecule has 0 aromatic carbocycles. The van der Waals surface area contributed by atoms with E-state index in [0.717, 1.165) is 11.8 Å². The third-order valence-corrected chi connectivity index (χ3v) is 3.11. The molecule has 56 valence electrons. The third kappa shape index (κ3) is 1.12. The first-order valence-electron chi connectivity index (χ1n) is 4.62. The highest BCUT2D eigenvalue weighted by Crippen LogP contribution is 2.37. The third-order valence-electron chi connectivity index (χ3n) is 3.11. The molecule has 1 saturated carbocycles. The van der Waals surface area contributed by atoms with Crippen LogP contribution in [0.1, 0.15) is 38.5 Å². The summed E-state index contributed by atoms with van der Waals surface area (Å²) in [6.45, 7) is 0. The fraction of sp³-hybridized carbons (Fsp3) is 0.800. The molecule has 1 fully saturated rings. The van der Waals surface area contributed by atoms with Gasteiger partial charge in [-0.25, -0.2) is 0 Å². The van der Waals surface area contributed by atoms with Gasteiger partial charge in [0.25, 0.3) is 0 Å². The van der Waals surface area contributed by atoms with Crippen LogP contribution in [0.15, 0.2) is 12.2 Å². The minimum atomic E-state index is 1.04. The fourth-order valence-electron chi connectivity index (χ4n) is 2.45. The van der Waals surface area contributed by atoms with Gasteiger partial charge in [-0.2, -0.15) is 0 Å². The van der Waals surface area contributed by atoms with Gasteiger partial charge in [0.05, 0.1) is 0 Å². The molecule has 0 heterocycles. The van der Waals surface area contributed by atoms with Crippen molar-refractivity contribution < 1.29 is 0 Å². The van der Waals surface area contributed by atoms with E-state index in [1.54, 1.807) is 0 Å². The van der Waals surface area contributed by atoms with Gasteiger partial charge in [0.1, 0.15) is 0 Å². The summed E-state index contributed by atoms with van der Waals surface area (Å²) in [4.78, 5) is 0. The molecule has 0 saturated heterocycles. The summed E-state index contributed by atoms with van der Waals surface area (Å²) in [5.74, 6) is 2.14. The molecular formula is C10H16. The Bertz CT molecular complexity index is 121. The monoisotopic (exact) mass is 136 g/mol. The van der Waals surface area contributed by atoms with E-state index in [2.05, 4.69) is 12.2 Å². The minimum Gasteiger partial charge on any atom is -0.0882 e. The molecule has 0 bridgehead atoms. The lowest BCUT2D eigenvalue weighted by molar-refractivity contribution is 0.357. The fourth-order valence-corrected chi connectivity index (χ4v) is 2.45. The van der Waals surface area contributed by atoms with Crippen molar-refractivity contribution in [2.24, 2.45) is 11.8 Å². The Kier molecular flexibility index (Phi) is 1.79. The molecule has 0 amide bonds. The topological polar surface area (TPSA) is 0 Å². The Balaban J connectivity index is 1.87. The summed E-state index contributed by atoms with van der Waals surface area (Å²) in [5.41, 5.74) is 0. The van der Waals surface area contributed by atoms with E-state index in [1.165, 1.54) is 38.5 Å². The zero-order chi connectivity index (χ0) is 6.81. The molecule has 0 aromatic heterocycles. The molecule has 2 aliphatic rings. The van der Waals surface area contributed by atoms with Crippen LogP contribution in [0.25, 0.3) is 0 Å². The summed E-state index contributed by atoms with van der Waals surface area (Å²) in [5, 5.41) is 0. The lowest BCUT2D eigenvalue weighted by atomic mass is 9.89. The summed E-state index contributed by atoms with van der Waals surface area (Å²) in [7, 11) is 0. The van der Waals surface area contributed by atoms with Gasteiger partial charge in [-0.05, 0) is 24.7 Å². The number of rotatable bonds is 1. The average Bonchev–Trinajstić information content (AvgIpc) is 2.59. The van der Waals surface area contributed by atoms with Gasteiger partial charge in [-0.15, -0.1) is 0 Å². The van der Waals surface area contributed by atoms with Crippen molar-refractivity contribution in [3.05, 3.63) is 12.2 Å². The van der Waals surface area contributed by atoms with Gasteiger partial charge < -0.3 is 0 Å². The smallest absolute Gasteiger partial charge is 0.0317 e. The van der Waals surface area contributed by atoms with Gasteiger partial charge in [-0.1, -0.05) is 37.8 Å². The van der Waals surface area contributed by atoms with Crippen molar-refractivity contribution in [3.8, 4) is 0 Å². The SMILES string of the molecule is C1=CCC(C2CCCC2)C1. The molecule has 0 radical (unpaired) electrons. The van der Waals surface area contributed by atoms with Crippen molar-refractivity contribution in [1.82, 2.24) is 0 Å². The van der Waals surface area contributed by atoms with Crippen LogP contribution in [0, 0.1) is 11.8 Å². The quantitative estimate of drug-likeness (QED) is 0.486. The van der Waals surface area contributed by atoms with Crippen molar-refractivity contribution >= 4 is 0 Å². The summed E-state index contributed by atoms with van der Waals surface area (Å²) >= 11 is 0. The maximum Gasteiger partial charge on any atom is -0.0317 e. The molecule has 0 heteroatoms. The highest BCUT2D eigenvalue weighted by Gasteiger charge is 2.24. The van der Waals surface area contributed by atoms with Crippen LogP contribution in [-0.4, -0.2) is 0 Å². The Hall–Kier alpha value is -0.260. The zero-order valence-electron chi connectivity index (χ0n) is 6.55. The van der Waals surface area contributed by atoms with Crippen molar-refractivity contribution in [1.29, 1.82) is 0 Å². The predicted octanol–water partition coefficient (Wildman–Crippen LogP) is 3.14. The Morgan fingerprint density at radius 1 is 0.800 bits per heavy atom. The molecule has 0 N–H and O–H groups in total. The van der Waals surface area contributed by atoms with E-state index in [0.29, 0.717) is 0 Å². The predicted molar refractivity (Wildman–Crippen MR) is 43.8 cm³/mol. The molecule has 2 aliphatic carbocycles. The molecule has 0 atom stereocenters. The van der Waals surface area contributed by atoms with Crippen LogP contribution in [0.4, 0.5) is 0 Å². The normalized spacial score (nSPS) is 28.4. The number of hydrogen-bond donors (Lipinski definition) is 0. The largest absolute Gasteiger partial charge is 0.0882 e. The van der Waals surface area contributed by atoms with Crippen molar-refractivity contribution in [2.45, 2.75) is 38.5 Å². The van der Waals surface area contributed by atoms with Gasteiger partial charge in [0.15, 0.2) is 0 Å². The lowest BCUT2D eigenvalue weighted by Crippen LogP contribution is -2.06. The summed E-state index contributed by atoms with van der Waals surface area (Å²) in [6.07, 6.45) is 13.5. The van der Waals surface area contributed by atoms with Crippen molar-refractivity contribution in [2.75, 3.05) is 0 Å². The number of hydrogen-bond acceptors (Lipinski definition) is 0. The molecule has 0 aromatic rings. The highest BCUT2D eigenvalue weighted by atomic mass is 14.3. The van der Waals surface area contributed by atoms with Gasteiger partial charge in [-0.3, -0.25) is 0 Å². The van der Waals surface area contributed by atoms with Crippen LogP contribution >= 0.6 is 0 Å². The minimum absolute atomic E-state index is 1.04. The standard InChI is InChI=1S/C10H16/c1-2-6-9(5-1)10-7-3-4-8-10/h1-2,9-10H,3-8H2. The molecule has 0 nitrogen and oxygen atoms in total. The first-order valence-corrected chi connectivity index (χ1v) is 4.62. The Morgan fingerprint density at radius 2 is 1.40 bits per heavy atom. The second-order valence-corrected chi connectivity index (χ2v) is 3.75. The van der Waals surface area contributed by atoms with E-state index in [-0.39, 0.29) is 0 Å². The number of allylic oxidation sites excluding steroid dienone is 2. The summed E-state index contributed by atoms with van der Waals surface area (Å²) < 4.78 is 0. The molecule has 2 rings (SSSR count). The second kappa shape index (κ2) is 2.77. The Morgan fingerprint density at radius 3 is 2.00 bits per heavy atom. The van der Waals surface area contributed by atoms with Crippen LogP contribution < -0.4 is 0 Å². The second-order valence-electron chi connectivity index (χ2n) is 3.75. The molecular weight excluding hydrogens is 120 g/mol. The lowest BCUT2D eigenvalue weighted by Gasteiger charge is -2.16. The first-order chi connectivity index (χ1) is 4.97. The van der Waals surface area contributed by atoms with Crippen LogP contribution in [0.2, 0.25) is 0 Å². The van der Waals surface area contributed by atoms with Gasteiger partial charge in [0, 0.05) is 0 Å². The van der Waals surface area contributed by atoms with Crippen LogP contribution in [0.5, 0.6) is 0 Å². The Labute approximate surface area is 63.3 Å². The maximum atomic E-state index is 2.36. The van der Waals surface area contributed by atoms with Gasteiger partial charge >= 0.3 is 0 Å².